The summed E-state index contributed by atoms with van der Waals surface area (Å²) in [5, 5.41) is 20.6. The molecule has 0 atom stereocenters. The summed E-state index contributed by atoms with van der Waals surface area (Å²) >= 11 is 0. The lowest BCUT2D eigenvalue weighted by Gasteiger charge is -2.12. The Kier molecular flexibility index (Phi) is 26.4. The van der Waals surface area contributed by atoms with E-state index in [9.17, 15) is 9.90 Å². The fourth-order valence-corrected chi connectivity index (χ4v) is 1.86. The molecule has 0 aliphatic rings. The van der Waals surface area contributed by atoms with Gasteiger partial charge in [-0.3, -0.25) is 0 Å². The van der Waals surface area contributed by atoms with Gasteiger partial charge in [-0.25, -0.2) is 0 Å². The highest BCUT2D eigenvalue weighted by Gasteiger charge is 1.97. The third kappa shape index (κ3) is 24.8. The number of carboxylic acid groups (broad SMARTS) is 1. The molecule has 21 heavy (non-hydrogen) atoms. The third-order valence-electron chi connectivity index (χ3n) is 3.27. The number of halogens is 1. The highest BCUT2D eigenvalue weighted by atomic mass is 35.5. The number of amides is 1. The first kappa shape index (κ1) is 25.4. The van der Waals surface area contributed by atoms with E-state index in [1.165, 1.54) is 30.6 Å². The van der Waals surface area contributed by atoms with Crippen molar-refractivity contribution in [3.05, 3.63) is 0 Å². The first-order chi connectivity index (χ1) is 9.62. The molecule has 1 amide bonds. The van der Waals surface area contributed by atoms with E-state index in [2.05, 4.69) is 26.1 Å². The number of quaternary nitrogens is 1. The highest BCUT2D eigenvalue weighted by Crippen LogP contribution is 2.03. The Hall–Kier alpha value is -0.520. The molecule has 0 saturated carbocycles. The second-order valence-corrected chi connectivity index (χ2v) is 4.91. The summed E-state index contributed by atoms with van der Waals surface area (Å²) < 4.78 is 0. The van der Waals surface area contributed by atoms with Gasteiger partial charge in [-0.15, -0.1) is 0 Å². The average molecular weight is 326 g/mol. The van der Waals surface area contributed by atoms with Crippen LogP contribution in [0.2, 0.25) is 0 Å². The normalized spacial score (nSPS) is 9.57. The summed E-state index contributed by atoms with van der Waals surface area (Å²) in [6.45, 7) is 10.4. The van der Waals surface area contributed by atoms with Gasteiger partial charge in [-0.05, 0) is 20.3 Å². The van der Waals surface area contributed by atoms with Gasteiger partial charge in [0, 0.05) is 6.54 Å². The van der Waals surface area contributed by atoms with Crippen LogP contribution in [0.25, 0.3) is 0 Å². The smallest absolute Gasteiger partial charge is 0.134 e. The quantitative estimate of drug-likeness (QED) is 0.359. The van der Waals surface area contributed by atoms with E-state index >= 15 is 0 Å². The molecule has 0 radical (unpaired) electrons. The minimum absolute atomic E-state index is 0. The molecule has 0 aromatic rings. The van der Waals surface area contributed by atoms with Crippen molar-refractivity contribution in [3.8, 4) is 0 Å². The number of carbonyl (C=O) groups is 1. The SMILES string of the molecule is CCCCCCCCNC(=O)[O-].CC[NH+](CC)CCO.[Cl-]. The van der Waals surface area contributed by atoms with Crippen molar-refractivity contribution >= 4 is 6.09 Å². The van der Waals surface area contributed by atoms with Gasteiger partial charge in [0.05, 0.1) is 19.7 Å². The largest absolute Gasteiger partial charge is 1.00 e. The van der Waals surface area contributed by atoms with Crippen LogP contribution in [0.5, 0.6) is 0 Å². The molecule has 0 bridgehead atoms. The molecule has 5 nitrogen and oxygen atoms in total. The van der Waals surface area contributed by atoms with E-state index < -0.39 is 6.09 Å². The fraction of sp³-hybridized carbons (Fsp3) is 0.933. The number of aliphatic hydroxyl groups is 1. The molecule has 0 spiro atoms. The lowest BCUT2D eigenvalue weighted by Crippen LogP contribution is -3.11. The van der Waals surface area contributed by atoms with Gasteiger partial charge >= 0.3 is 0 Å². The zero-order chi connectivity index (χ0) is 15.6. The Balaban J connectivity index is -0.000000317. The maximum atomic E-state index is 9.91. The van der Waals surface area contributed by atoms with E-state index in [1.807, 2.05) is 0 Å². The Labute approximate surface area is 136 Å². The van der Waals surface area contributed by atoms with Crippen molar-refractivity contribution in [3.63, 3.8) is 0 Å². The average Bonchev–Trinajstić information content (AvgIpc) is 2.44. The molecule has 0 saturated heterocycles. The van der Waals surface area contributed by atoms with Crippen LogP contribution in [0.3, 0.4) is 0 Å². The van der Waals surface area contributed by atoms with Crippen molar-refractivity contribution in [2.75, 3.05) is 32.8 Å². The van der Waals surface area contributed by atoms with Gasteiger partial charge in [0.2, 0.25) is 0 Å². The van der Waals surface area contributed by atoms with Gasteiger partial charge in [0.25, 0.3) is 0 Å². The van der Waals surface area contributed by atoms with E-state index in [-0.39, 0.29) is 12.4 Å². The van der Waals surface area contributed by atoms with Crippen molar-refractivity contribution < 1.29 is 32.3 Å². The standard InChI is InChI=1S/C9H19NO2.C6H15NO.ClH/c1-2-3-4-5-6-7-8-10-9(11)12;1-3-7(4-2)5-6-8;/h10H,2-8H2,1H3,(H,11,12);8H,3-6H2,1-2H3;1H/p-1. The molecule has 130 valence electrons. The van der Waals surface area contributed by atoms with Gasteiger partial charge in [0.1, 0.15) is 12.6 Å². The van der Waals surface area contributed by atoms with Crippen LogP contribution >= 0.6 is 0 Å². The van der Waals surface area contributed by atoms with Crippen molar-refractivity contribution in [2.24, 2.45) is 0 Å². The number of aliphatic hydroxyl groups excluding tert-OH is 1. The van der Waals surface area contributed by atoms with Crippen molar-refractivity contribution in [2.45, 2.75) is 59.3 Å². The summed E-state index contributed by atoms with van der Waals surface area (Å²) in [5.41, 5.74) is 0. The summed E-state index contributed by atoms with van der Waals surface area (Å²) in [6.07, 6.45) is 5.89. The molecule has 0 aliphatic heterocycles. The van der Waals surface area contributed by atoms with Crippen LogP contribution in [-0.4, -0.2) is 44.0 Å². The number of hydrogen-bond acceptors (Lipinski definition) is 3. The second kappa shape index (κ2) is 21.8. The molecule has 0 aromatic carbocycles. The fourth-order valence-electron chi connectivity index (χ4n) is 1.86. The lowest BCUT2D eigenvalue weighted by molar-refractivity contribution is -0.896. The predicted molar refractivity (Wildman–Crippen MR) is 80.8 cm³/mol. The number of rotatable bonds is 11. The first-order valence-corrected chi connectivity index (χ1v) is 8.01. The minimum atomic E-state index is -1.16. The van der Waals surface area contributed by atoms with Crippen LogP contribution < -0.4 is 27.7 Å². The van der Waals surface area contributed by atoms with Crippen LogP contribution in [0.15, 0.2) is 0 Å². The number of nitrogens with one attached hydrogen (secondary N) is 2. The number of carbonyl (C=O) groups excluding carboxylic acids is 1. The Bertz CT molecular complexity index is 203. The Morgan fingerprint density at radius 1 is 1.05 bits per heavy atom. The van der Waals surface area contributed by atoms with Crippen LogP contribution in [0, 0.1) is 0 Å². The van der Waals surface area contributed by atoms with Crippen LogP contribution in [0.1, 0.15) is 59.3 Å². The maximum absolute atomic E-state index is 9.91. The monoisotopic (exact) mass is 325 g/mol. The number of unbranched alkanes of at least 4 members (excludes halogenated alkanes) is 5. The van der Waals surface area contributed by atoms with Gasteiger partial charge in [-0.1, -0.05) is 39.0 Å². The minimum Gasteiger partial charge on any atom is -1.00 e. The third-order valence-corrected chi connectivity index (χ3v) is 3.27. The summed E-state index contributed by atoms with van der Waals surface area (Å²) in [5.74, 6) is 0. The first-order valence-electron chi connectivity index (χ1n) is 8.01. The van der Waals surface area contributed by atoms with E-state index in [0.29, 0.717) is 13.2 Å². The Morgan fingerprint density at radius 3 is 1.95 bits per heavy atom. The van der Waals surface area contributed by atoms with Gasteiger partial charge < -0.3 is 37.6 Å². The van der Waals surface area contributed by atoms with Crippen LogP contribution in [0.4, 0.5) is 4.79 Å². The highest BCUT2D eigenvalue weighted by molar-refractivity contribution is 5.61. The topological polar surface area (TPSA) is 76.8 Å². The zero-order valence-corrected chi connectivity index (χ0v) is 14.7. The summed E-state index contributed by atoms with van der Waals surface area (Å²) in [6, 6.07) is 0. The van der Waals surface area contributed by atoms with Crippen LogP contribution in [-0.2, 0) is 0 Å². The Morgan fingerprint density at radius 2 is 1.57 bits per heavy atom. The molecule has 3 N–H and O–H groups in total. The molecular formula is C15H34ClN2O3-. The van der Waals surface area contributed by atoms with Crippen molar-refractivity contribution in [1.82, 2.24) is 5.32 Å². The van der Waals surface area contributed by atoms with Gasteiger partial charge in [-0.2, -0.15) is 0 Å². The number of likely N-dealkylation sites (N-methyl/N-ethyl adjacent to an activating group) is 1. The molecule has 0 aromatic heterocycles. The molecule has 0 heterocycles. The summed E-state index contributed by atoms with van der Waals surface area (Å²) in [4.78, 5) is 11.4. The maximum Gasteiger partial charge on any atom is 0.134 e. The predicted octanol–water partition coefficient (Wildman–Crippen LogP) is -2.81. The molecule has 0 aliphatic carbocycles. The van der Waals surface area contributed by atoms with E-state index in [1.54, 1.807) is 0 Å². The van der Waals surface area contributed by atoms with Gasteiger partial charge in [0.15, 0.2) is 0 Å². The van der Waals surface area contributed by atoms with E-state index in [0.717, 1.165) is 32.5 Å². The molecule has 0 fully saturated rings. The molecule has 0 rings (SSSR count). The summed E-state index contributed by atoms with van der Waals surface area (Å²) in [7, 11) is 0. The van der Waals surface area contributed by atoms with Crippen molar-refractivity contribution in [1.29, 1.82) is 0 Å². The van der Waals surface area contributed by atoms with E-state index in [4.69, 9.17) is 5.11 Å². The lowest BCUT2D eigenvalue weighted by atomic mass is 10.1. The zero-order valence-electron chi connectivity index (χ0n) is 13.9. The molecule has 6 heteroatoms. The molecular weight excluding hydrogens is 292 g/mol. The second-order valence-electron chi connectivity index (χ2n) is 4.91. The number of hydrogen-bond donors (Lipinski definition) is 3. The molecule has 0 unspecified atom stereocenters.